The topological polar surface area (TPSA) is 38.9 Å². The molecule has 0 spiro atoms. The van der Waals surface area contributed by atoms with E-state index in [1.807, 2.05) is 20.8 Å². The van der Waals surface area contributed by atoms with Crippen molar-refractivity contribution in [2.45, 2.75) is 32.4 Å². The molecule has 0 bridgehead atoms. The van der Waals surface area contributed by atoms with Crippen LogP contribution in [0.1, 0.15) is 31.9 Å². The van der Waals surface area contributed by atoms with Gasteiger partial charge in [0.1, 0.15) is 5.82 Å². The third-order valence-electron chi connectivity index (χ3n) is 2.99. The van der Waals surface area contributed by atoms with Gasteiger partial charge in [-0.1, -0.05) is 32.9 Å². The maximum atomic E-state index is 12.9. The molecular weight excluding hydrogens is 253 g/mol. The molecule has 0 aliphatic heterocycles. The minimum Gasteiger partial charge on any atom is -0.383 e. The summed E-state index contributed by atoms with van der Waals surface area (Å²) >= 11 is 0. The van der Waals surface area contributed by atoms with Gasteiger partial charge in [-0.05, 0) is 17.5 Å². The number of hydrogen-bond acceptors (Lipinski definition) is 2. The Bertz CT molecular complexity index is 625. The monoisotopic (exact) mass is 268 g/mol. The summed E-state index contributed by atoms with van der Waals surface area (Å²) in [5, 5.41) is 0.453. The Morgan fingerprint density at radius 3 is 2.21 bits per heavy atom. The molecule has 0 unspecified atom stereocenters. The molecule has 0 saturated carbocycles. The van der Waals surface area contributed by atoms with Gasteiger partial charge in [0.05, 0.1) is 11.1 Å². The fourth-order valence-electron chi connectivity index (χ4n) is 2.04. The second kappa shape index (κ2) is 4.11. The smallest absolute Gasteiger partial charge is 0.383 e. The van der Waals surface area contributed by atoms with E-state index in [2.05, 4.69) is 4.98 Å². The summed E-state index contributed by atoms with van der Waals surface area (Å²) in [6.45, 7) is 5.83. The van der Waals surface area contributed by atoms with Gasteiger partial charge in [0, 0.05) is 10.9 Å². The van der Waals surface area contributed by atoms with Gasteiger partial charge in [0.25, 0.3) is 0 Å². The number of benzene rings is 1. The molecule has 2 N–H and O–H groups in total. The largest absolute Gasteiger partial charge is 0.418 e. The highest BCUT2D eigenvalue weighted by Gasteiger charge is 2.33. The fourth-order valence-corrected chi connectivity index (χ4v) is 2.04. The number of nitrogens with zero attached hydrogens (tertiary/aromatic N) is 1. The van der Waals surface area contributed by atoms with E-state index in [9.17, 15) is 13.2 Å². The lowest BCUT2D eigenvalue weighted by Gasteiger charge is -2.21. The molecule has 0 amide bonds. The van der Waals surface area contributed by atoms with Crippen molar-refractivity contribution in [3.8, 4) is 0 Å². The summed E-state index contributed by atoms with van der Waals surface area (Å²) in [6, 6.07) is 5.71. The average molecular weight is 268 g/mol. The van der Waals surface area contributed by atoms with Crippen molar-refractivity contribution in [2.75, 3.05) is 5.73 Å². The lowest BCUT2D eigenvalue weighted by atomic mass is 9.86. The molecule has 5 heteroatoms. The van der Waals surface area contributed by atoms with E-state index in [0.29, 0.717) is 5.39 Å². The lowest BCUT2D eigenvalue weighted by molar-refractivity contribution is -0.136. The summed E-state index contributed by atoms with van der Waals surface area (Å²) in [6.07, 6.45) is -4.43. The third kappa shape index (κ3) is 2.50. The van der Waals surface area contributed by atoms with Crippen LogP contribution in [0.4, 0.5) is 19.0 Å². The number of fused-ring (bicyclic) bond motifs is 1. The molecule has 2 nitrogen and oxygen atoms in total. The minimum absolute atomic E-state index is 0.0968. The zero-order valence-electron chi connectivity index (χ0n) is 11.0. The van der Waals surface area contributed by atoms with Gasteiger partial charge in [-0.25, -0.2) is 4.98 Å². The molecule has 0 aliphatic carbocycles. The molecule has 0 atom stereocenters. The maximum absolute atomic E-state index is 12.9. The van der Waals surface area contributed by atoms with Gasteiger partial charge in [-0.3, -0.25) is 0 Å². The summed E-state index contributed by atoms with van der Waals surface area (Å²) in [5.74, 6) is 0.150. The predicted molar refractivity (Wildman–Crippen MR) is 69.9 cm³/mol. The van der Waals surface area contributed by atoms with Crippen LogP contribution in [0, 0.1) is 0 Å². The summed E-state index contributed by atoms with van der Waals surface area (Å²) < 4.78 is 38.7. The van der Waals surface area contributed by atoms with E-state index in [-0.39, 0.29) is 16.7 Å². The quantitative estimate of drug-likeness (QED) is 0.780. The van der Waals surface area contributed by atoms with Crippen molar-refractivity contribution >= 4 is 16.7 Å². The third-order valence-corrected chi connectivity index (χ3v) is 2.99. The second-order valence-electron chi connectivity index (χ2n) is 5.55. The highest BCUT2D eigenvalue weighted by molar-refractivity contribution is 5.85. The van der Waals surface area contributed by atoms with Crippen LogP contribution >= 0.6 is 0 Å². The molecule has 1 aromatic heterocycles. The van der Waals surface area contributed by atoms with Crippen molar-refractivity contribution in [3.05, 3.63) is 35.4 Å². The van der Waals surface area contributed by atoms with Gasteiger partial charge < -0.3 is 5.73 Å². The second-order valence-corrected chi connectivity index (χ2v) is 5.55. The molecule has 2 aromatic rings. The minimum atomic E-state index is -4.43. The standard InChI is InChI=1S/C14H15F3N2/c1-13(2,3)10-7-8-5-4-6-9(14(15,16)17)11(8)19-12(10)18/h4-7H,1-3H3,(H2,18,19). The van der Waals surface area contributed by atoms with Crippen LogP contribution < -0.4 is 5.73 Å². The van der Waals surface area contributed by atoms with Crippen LogP contribution in [0.3, 0.4) is 0 Å². The van der Waals surface area contributed by atoms with E-state index < -0.39 is 11.7 Å². The number of anilines is 1. The Hall–Kier alpha value is -1.78. The Balaban J connectivity index is 2.79. The zero-order valence-corrected chi connectivity index (χ0v) is 11.0. The first-order chi connectivity index (χ1) is 8.60. The van der Waals surface area contributed by atoms with E-state index in [1.165, 1.54) is 6.07 Å². The molecule has 19 heavy (non-hydrogen) atoms. The predicted octanol–water partition coefficient (Wildman–Crippen LogP) is 4.13. The average Bonchev–Trinajstić information content (AvgIpc) is 2.24. The van der Waals surface area contributed by atoms with Gasteiger partial charge in [0.15, 0.2) is 0 Å². The van der Waals surface area contributed by atoms with Crippen molar-refractivity contribution in [3.63, 3.8) is 0 Å². The number of alkyl halides is 3. The lowest BCUT2D eigenvalue weighted by Crippen LogP contribution is -2.16. The van der Waals surface area contributed by atoms with Crippen molar-refractivity contribution in [1.29, 1.82) is 0 Å². The Kier molecular flexibility index (Phi) is 2.96. The molecule has 2 rings (SSSR count). The fraction of sp³-hybridized carbons (Fsp3) is 0.357. The molecule has 102 valence electrons. The highest BCUT2D eigenvalue weighted by atomic mass is 19.4. The Morgan fingerprint density at radius 2 is 1.68 bits per heavy atom. The molecule has 0 fully saturated rings. The maximum Gasteiger partial charge on any atom is 0.418 e. The molecule has 1 heterocycles. The summed E-state index contributed by atoms with van der Waals surface area (Å²) in [5.41, 5.74) is 5.44. The first-order valence-electron chi connectivity index (χ1n) is 5.87. The summed E-state index contributed by atoms with van der Waals surface area (Å²) in [7, 11) is 0. The number of pyridine rings is 1. The first-order valence-corrected chi connectivity index (χ1v) is 5.87. The number of hydrogen-bond donors (Lipinski definition) is 1. The Labute approximate surface area is 109 Å². The Morgan fingerprint density at radius 1 is 1.05 bits per heavy atom. The van der Waals surface area contributed by atoms with Crippen molar-refractivity contribution in [2.24, 2.45) is 0 Å². The van der Waals surface area contributed by atoms with Crippen molar-refractivity contribution < 1.29 is 13.2 Å². The van der Waals surface area contributed by atoms with Gasteiger partial charge in [-0.15, -0.1) is 0 Å². The molecular formula is C14H15F3N2. The van der Waals surface area contributed by atoms with Gasteiger partial charge >= 0.3 is 6.18 Å². The number of para-hydroxylation sites is 1. The van der Waals surface area contributed by atoms with Crippen LogP contribution in [0.15, 0.2) is 24.3 Å². The van der Waals surface area contributed by atoms with Crippen LogP contribution in [0.5, 0.6) is 0 Å². The SMILES string of the molecule is CC(C)(C)c1cc2cccc(C(F)(F)F)c2nc1N. The number of aromatic nitrogens is 1. The number of halogens is 3. The molecule has 0 aliphatic rings. The number of nitrogens with two attached hydrogens (primary N) is 1. The van der Waals surface area contributed by atoms with E-state index in [1.54, 1.807) is 12.1 Å². The van der Waals surface area contributed by atoms with Crippen LogP contribution in [-0.4, -0.2) is 4.98 Å². The van der Waals surface area contributed by atoms with Gasteiger partial charge in [-0.2, -0.15) is 13.2 Å². The number of rotatable bonds is 0. The zero-order chi connectivity index (χ0) is 14.4. The molecule has 0 saturated heterocycles. The molecule has 0 radical (unpaired) electrons. The first kappa shape index (κ1) is 13.6. The summed E-state index contributed by atoms with van der Waals surface area (Å²) in [4.78, 5) is 3.97. The van der Waals surface area contributed by atoms with Gasteiger partial charge in [0.2, 0.25) is 0 Å². The molecule has 1 aromatic carbocycles. The van der Waals surface area contributed by atoms with E-state index in [4.69, 9.17) is 5.73 Å². The highest BCUT2D eigenvalue weighted by Crippen LogP contribution is 2.36. The van der Waals surface area contributed by atoms with Crippen molar-refractivity contribution in [1.82, 2.24) is 4.98 Å². The number of nitrogen functional groups attached to an aromatic ring is 1. The normalized spacial score (nSPS) is 12.9. The van der Waals surface area contributed by atoms with E-state index >= 15 is 0 Å². The van der Waals surface area contributed by atoms with Crippen LogP contribution in [0.2, 0.25) is 0 Å². The van der Waals surface area contributed by atoms with Crippen LogP contribution in [-0.2, 0) is 11.6 Å². The van der Waals surface area contributed by atoms with Crippen LogP contribution in [0.25, 0.3) is 10.9 Å². The van der Waals surface area contributed by atoms with E-state index in [0.717, 1.165) is 11.6 Å².